The second-order valence-electron chi connectivity index (χ2n) is 5.77. The topological polar surface area (TPSA) is 47.6 Å². The molecule has 4 heteroatoms. The zero-order chi connectivity index (χ0) is 18.2. The molecule has 0 saturated carbocycles. The van der Waals surface area contributed by atoms with Gasteiger partial charge >= 0.3 is 0 Å². The van der Waals surface area contributed by atoms with Gasteiger partial charge in [-0.3, -0.25) is 4.79 Å². The van der Waals surface area contributed by atoms with E-state index in [9.17, 15) is 4.79 Å². The van der Waals surface area contributed by atoms with Crippen LogP contribution in [0.15, 0.2) is 42.5 Å². The molecule has 0 saturated heterocycles. The summed E-state index contributed by atoms with van der Waals surface area (Å²) < 4.78 is 11.1. The van der Waals surface area contributed by atoms with Gasteiger partial charge in [0.25, 0.3) is 0 Å². The summed E-state index contributed by atoms with van der Waals surface area (Å²) in [7, 11) is 0. The Morgan fingerprint density at radius 1 is 0.960 bits per heavy atom. The molecule has 2 aromatic carbocycles. The molecule has 0 radical (unpaired) electrons. The Bertz CT molecular complexity index is 745. The highest BCUT2D eigenvalue weighted by Crippen LogP contribution is 2.29. The van der Waals surface area contributed by atoms with Gasteiger partial charge in [0.1, 0.15) is 0 Å². The lowest BCUT2D eigenvalue weighted by Crippen LogP contribution is -2.08. The number of carbonyl (C=O) groups is 1. The quantitative estimate of drug-likeness (QED) is 0.740. The summed E-state index contributed by atoms with van der Waals surface area (Å²) in [6.07, 6.45) is 3.28. The zero-order valence-electron chi connectivity index (χ0n) is 15.3. The number of hydrogen-bond donors (Lipinski definition) is 1. The van der Waals surface area contributed by atoms with Crippen molar-refractivity contribution in [2.45, 2.75) is 27.7 Å². The number of carbonyl (C=O) groups excluding carboxylic acids is 1. The predicted molar refractivity (Wildman–Crippen MR) is 102 cm³/mol. The van der Waals surface area contributed by atoms with E-state index in [1.54, 1.807) is 6.08 Å². The fraction of sp³-hybridized carbons (Fsp3) is 0.286. The Labute approximate surface area is 149 Å². The van der Waals surface area contributed by atoms with Crippen molar-refractivity contribution in [3.05, 3.63) is 59.2 Å². The average molecular weight is 339 g/mol. The summed E-state index contributed by atoms with van der Waals surface area (Å²) >= 11 is 0. The first kappa shape index (κ1) is 18.6. The summed E-state index contributed by atoms with van der Waals surface area (Å²) in [5.74, 6) is 1.22. The zero-order valence-corrected chi connectivity index (χ0v) is 15.3. The molecule has 0 fully saturated rings. The maximum Gasteiger partial charge on any atom is 0.248 e. The van der Waals surface area contributed by atoms with E-state index in [0.29, 0.717) is 24.7 Å². The van der Waals surface area contributed by atoms with E-state index in [1.165, 1.54) is 6.08 Å². The molecule has 0 aliphatic carbocycles. The van der Waals surface area contributed by atoms with E-state index in [2.05, 4.69) is 11.4 Å². The highest BCUT2D eigenvalue weighted by molar-refractivity contribution is 6.02. The van der Waals surface area contributed by atoms with Crippen LogP contribution >= 0.6 is 0 Å². The molecule has 0 atom stereocenters. The number of aryl methyl sites for hydroxylation is 2. The Kier molecular flexibility index (Phi) is 6.63. The fourth-order valence-corrected chi connectivity index (χ4v) is 2.57. The van der Waals surface area contributed by atoms with E-state index in [4.69, 9.17) is 9.47 Å². The monoisotopic (exact) mass is 339 g/mol. The Balaban J connectivity index is 2.09. The third-order valence-corrected chi connectivity index (χ3v) is 3.48. The van der Waals surface area contributed by atoms with Crippen molar-refractivity contribution < 1.29 is 14.3 Å². The Morgan fingerprint density at radius 3 is 2.24 bits per heavy atom. The van der Waals surface area contributed by atoms with Gasteiger partial charge in [-0.25, -0.2) is 0 Å². The maximum absolute atomic E-state index is 12.1. The summed E-state index contributed by atoms with van der Waals surface area (Å²) in [5, 5.41) is 2.88. The van der Waals surface area contributed by atoms with Crippen LogP contribution in [0.5, 0.6) is 11.5 Å². The minimum atomic E-state index is -0.170. The molecular formula is C21H25NO3. The SMILES string of the molecule is CCOc1ccc(C=CC(=O)Nc2cc(C)cc(C)c2)cc1OCC. The molecule has 0 aliphatic rings. The van der Waals surface area contributed by atoms with Gasteiger partial charge in [0.05, 0.1) is 13.2 Å². The molecule has 0 bridgehead atoms. The normalized spacial score (nSPS) is 10.7. The van der Waals surface area contributed by atoms with Gasteiger partial charge in [-0.2, -0.15) is 0 Å². The van der Waals surface area contributed by atoms with Crippen LogP contribution in [0.4, 0.5) is 5.69 Å². The van der Waals surface area contributed by atoms with Crippen LogP contribution in [0.25, 0.3) is 6.08 Å². The smallest absolute Gasteiger partial charge is 0.248 e. The Morgan fingerprint density at radius 2 is 1.60 bits per heavy atom. The van der Waals surface area contributed by atoms with Crippen LogP contribution < -0.4 is 14.8 Å². The third kappa shape index (κ3) is 5.68. The number of benzene rings is 2. The van der Waals surface area contributed by atoms with Gasteiger partial charge in [-0.1, -0.05) is 12.1 Å². The highest BCUT2D eigenvalue weighted by Gasteiger charge is 2.05. The molecule has 4 nitrogen and oxygen atoms in total. The first-order valence-electron chi connectivity index (χ1n) is 8.48. The van der Waals surface area contributed by atoms with Crippen LogP contribution in [0.1, 0.15) is 30.5 Å². The van der Waals surface area contributed by atoms with Crippen LogP contribution in [0.2, 0.25) is 0 Å². The fourth-order valence-electron chi connectivity index (χ4n) is 2.57. The van der Waals surface area contributed by atoms with Crippen LogP contribution in [0.3, 0.4) is 0 Å². The number of amides is 1. The van der Waals surface area contributed by atoms with Gasteiger partial charge in [0, 0.05) is 11.8 Å². The van der Waals surface area contributed by atoms with Gasteiger partial charge in [-0.05, 0) is 74.7 Å². The molecule has 0 heterocycles. The van der Waals surface area contributed by atoms with E-state index in [0.717, 1.165) is 22.4 Å². The lowest BCUT2D eigenvalue weighted by Gasteiger charge is -2.11. The largest absolute Gasteiger partial charge is 0.490 e. The highest BCUT2D eigenvalue weighted by atomic mass is 16.5. The lowest BCUT2D eigenvalue weighted by atomic mass is 10.1. The number of hydrogen-bond acceptors (Lipinski definition) is 3. The summed E-state index contributed by atoms with van der Waals surface area (Å²) in [5.41, 5.74) is 3.91. The second kappa shape index (κ2) is 8.92. The molecule has 0 unspecified atom stereocenters. The van der Waals surface area contributed by atoms with Crippen molar-refractivity contribution in [1.82, 2.24) is 0 Å². The summed E-state index contributed by atoms with van der Waals surface area (Å²) in [6.45, 7) is 9.01. The van der Waals surface area contributed by atoms with Gasteiger partial charge in [-0.15, -0.1) is 0 Å². The molecule has 0 aliphatic heterocycles. The molecule has 0 spiro atoms. The van der Waals surface area contributed by atoms with Crippen LogP contribution in [-0.4, -0.2) is 19.1 Å². The van der Waals surface area contributed by atoms with Crippen molar-refractivity contribution in [3.63, 3.8) is 0 Å². The summed E-state index contributed by atoms with van der Waals surface area (Å²) in [6, 6.07) is 11.6. The van der Waals surface area contributed by atoms with E-state index < -0.39 is 0 Å². The van der Waals surface area contributed by atoms with Crippen molar-refractivity contribution in [1.29, 1.82) is 0 Å². The molecule has 1 amide bonds. The first-order chi connectivity index (χ1) is 12.0. The van der Waals surface area contributed by atoms with Crippen LogP contribution in [0, 0.1) is 13.8 Å². The van der Waals surface area contributed by atoms with Gasteiger partial charge < -0.3 is 14.8 Å². The Hall–Kier alpha value is -2.75. The second-order valence-corrected chi connectivity index (χ2v) is 5.77. The summed E-state index contributed by atoms with van der Waals surface area (Å²) in [4.78, 5) is 12.1. The number of anilines is 1. The van der Waals surface area contributed by atoms with Crippen molar-refractivity contribution >= 4 is 17.7 Å². The number of rotatable bonds is 7. The predicted octanol–water partition coefficient (Wildman–Crippen LogP) is 4.75. The molecular weight excluding hydrogens is 314 g/mol. The average Bonchev–Trinajstić information content (AvgIpc) is 2.54. The molecule has 25 heavy (non-hydrogen) atoms. The molecule has 0 aromatic heterocycles. The number of nitrogens with one attached hydrogen (secondary N) is 1. The minimum absolute atomic E-state index is 0.170. The van der Waals surface area contributed by atoms with E-state index >= 15 is 0 Å². The number of ether oxygens (including phenoxy) is 2. The van der Waals surface area contributed by atoms with Crippen LogP contribution in [-0.2, 0) is 4.79 Å². The molecule has 2 rings (SSSR count). The maximum atomic E-state index is 12.1. The standard InChI is InChI=1S/C21H25NO3/c1-5-24-19-9-7-17(14-20(19)25-6-2)8-10-21(23)22-18-12-15(3)11-16(4)13-18/h7-14H,5-6H2,1-4H3,(H,22,23). The minimum Gasteiger partial charge on any atom is -0.490 e. The van der Waals surface area contributed by atoms with Gasteiger partial charge in [0.2, 0.25) is 5.91 Å². The molecule has 132 valence electrons. The van der Waals surface area contributed by atoms with E-state index in [1.807, 2.05) is 58.0 Å². The lowest BCUT2D eigenvalue weighted by molar-refractivity contribution is -0.111. The molecule has 2 aromatic rings. The van der Waals surface area contributed by atoms with Crippen molar-refractivity contribution in [2.75, 3.05) is 18.5 Å². The van der Waals surface area contributed by atoms with Crippen molar-refractivity contribution in [2.24, 2.45) is 0 Å². The first-order valence-corrected chi connectivity index (χ1v) is 8.48. The molecule has 1 N–H and O–H groups in total. The van der Waals surface area contributed by atoms with Crippen molar-refractivity contribution in [3.8, 4) is 11.5 Å². The van der Waals surface area contributed by atoms with E-state index in [-0.39, 0.29) is 5.91 Å². The third-order valence-electron chi connectivity index (χ3n) is 3.48. The van der Waals surface area contributed by atoms with Gasteiger partial charge in [0.15, 0.2) is 11.5 Å².